The Balaban J connectivity index is 1.11. The van der Waals surface area contributed by atoms with Crippen LogP contribution in [-0.2, 0) is 4.79 Å². The van der Waals surface area contributed by atoms with Crippen molar-refractivity contribution in [3.8, 4) is 28.5 Å². The minimum Gasteiger partial charge on any atom is -0.406 e. The fraction of sp³-hybridized carbons (Fsp3) is 0.294. The molecular weight excluding hydrogens is 599 g/mol. The van der Waals surface area contributed by atoms with Gasteiger partial charge in [0.15, 0.2) is 10.6 Å². The highest BCUT2D eigenvalue weighted by molar-refractivity contribution is 7.07. The SMILES string of the molecule is Cc1cccc(-n2c(C)csc2=NC(=O)CC2CC2c2ccc(-c3ncn(-c4ccc(OC(F)(F)F)cc4)n3)cc2)c1C(C)C. The number of nitrogens with zero attached hydrogens (tertiary/aromatic N) is 5. The van der Waals surface area contributed by atoms with E-state index in [4.69, 9.17) is 0 Å². The predicted octanol–water partition coefficient (Wildman–Crippen LogP) is 8.05. The van der Waals surface area contributed by atoms with Crippen LogP contribution in [0.15, 0.2) is 83.4 Å². The highest BCUT2D eigenvalue weighted by atomic mass is 32.1. The molecule has 1 aliphatic rings. The van der Waals surface area contributed by atoms with Crippen LogP contribution in [-0.4, -0.2) is 31.6 Å². The molecule has 6 rings (SSSR count). The van der Waals surface area contributed by atoms with E-state index in [0.717, 1.165) is 28.9 Å². The maximum atomic E-state index is 13.1. The third kappa shape index (κ3) is 6.78. The molecule has 11 heteroatoms. The van der Waals surface area contributed by atoms with Crippen LogP contribution in [0.3, 0.4) is 0 Å². The molecule has 5 aromatic rings. The summed E-state index contributed by atoms with van der Waals surface area (Å²) in [6.07, 6.45) is -1.91. The highest BCUT2D eigenvalue weighted by Gasteiger charge is 2.39. The number of ether oxygens (including phenoxy) is 1. The number of hydrogen-bond donors (Lipinski definition) is 0. The first-order valence-corrected chi connectivity index (χ1v) is 15.6. The Morgan fingerprint density at radius 2 is 1.80 bits per heavy atom. The molecule has 2 heterocycles. The van der Waals surface area contributed by atoms with E-state index >= 15 is 0 Å². The van der Waals surface area contributed by atoms with E-state index in [-0.39, 0.29) is 17.6 Å². The first-order valence-electron chi connectivity index (χ1n) is 14.7. The lowest BCUT2D eigenvalue weighted by Crippen LogP contribution is -2.19. The van der Waals surface area contributed by atoms with E-state index in [2.05, 4.69) is 57.3 Å². The molecule has 1 saturated carbocycles. The molecular formula is C34H32F3N5O2S. The number of carbonyl (C=O) groups excluding carboxylic acids is 1. The minimum atomic E-state index is -4.74. The van der Waals surface area contributed by atoms with E-state index in [9.17, 15) is 18.0 Å². The molecule has 0 aliphatic heterocycles. The zero-order chi connectivity index (χ0) is 31.9. The molecule has 1 fully saturated rings. The summed E-state index contributed by atoms with van der Waals surface area (Å²) >= 11 is 1.49. The van der Waals surface area contributed by atoms with Crippen molar-refractivity contribution < 1.29 is 22.7 Å². The quantitative estimate of drug-likeness (QED) is 0.174. The van der Waals surface area contributed by atoms with Crippen molar-refractivity contribution in [2.24, 2.45) is 10.9 Å². The molecule has 2 unspecified atom stereocenters. The van der Waals surface area contributed by atoms with Crippen LogP contribution in [0.25, 0.3) is 22.8 Å². The van der Waals surface area contributed by atoms with Gasteiger partial charge in [-0.1, -0.05) is 50.2 Å². The van der Waals surface area contributed by atoms with Gasteiger partial charge < -0.3 is 4.74 Å². The third-order valence-electron chi connectivity index (χ3n) is 8.00. The highest BCUT2D eigenvalue weighted by Crippen LogP contribution is 2.49. The average molecular weight is 632 g/mol. The molecule has 0 N–H and O–H groups in total. The van der Waals surface area contributed by atoms with E-state index in [1.807, 2.05) is 42.6 Å². The van der Waals surface area contributed by atoms with E-state index in [1.165, 1.54) is 57.7 Å². The monoisotopic (exact) mass is 631 g/mol. The molecule has 1 amide bonds. The topological polar surface area (TPSA) is 74.3 Å². The Morgan fingerprint density at radius 1 is 1.07 bits per heavy atom. The van der Waals surface area contributed by atoms with Gasteiger partial charge in [-0.2, -0.15) is 4.99 Å². The second-order valence-electron chi connectivity index (χ2n) is 11.6. The molecule has 45 heavy (non-hydrogen) atoms. The molecule has 0 bridgehead atoms. The summed E-state index contributed by atoms with van der Waals surface area (Å²) in [6.45, 7) is 8.53. The second-order valence-corrected chi connectivity index (χ2v) is 12.5. The first kappa shape index (κ1) is 30.5. The summed E-state index contributed by atoms with van der Waals surface area (Å²) in [4.78, 5) is 22.7. The Hall–Kier alpha value is -4.51. The molecule has 2 atom stereocenters. The van der Waals surface area contributed by atoms with Crippen LogP contribution < -0.4 is 9.54 Å². The largest absolute Gasteiger partial charge is 0.573 e. The van der Waals surface area contributed by atoms with E-state index in [1.54, 1.807) is 0 Å². The van der Waals surface area contributed by atoms with Crippen LogP contribution in [0, 0.1) is 19.8 Å². The zero-order valence-electron chi connectivity index (χ0n) is 25.2. The number of thiazole rings is 1. The lowest BCUT2D eigenvalue weighted by molar-refractivity contribution is -0.274. The van der Waals surface area contributed by atoms with Gasteiger partial charge in [-0.25, -0.2) is 9.67 Å². The predicted molar refractivity (Wildman–Crippen MR) is 167 cm³/mol. The number of aromatic nitrogens is 4. The van der Waals surface area contributed by atoms with Crippen molar-refractivity contribution in [3.05, 3.63) is 106 Å². The second kappa shape index (κ2) is 12.1. The summed E-state index contributed by atoms with van der Waals surface area (Å²) < 4.78 is 44.8. The fourth-order valence-corrected chi connectivity index (χ4v) is 6.72. The summed E-state index contributed by atoms with van der Waals surface area (Å²) in [5.74, 6) is 0.956. The van der Waals surface area contributed by atoms with Gasteiger partial charge in [0.25, 0.3) is 0 Å². The molecule has 0 saturated heterocycles. The van der Waals surface area contributed by atoms with Crippen molar-refractivity contribution in [1.82, 2.24) is 19.3 Å². The fourth-order valence-electron chi connectivity index (χ4n) is 5.83. The molecule has 2 aromatic heterocycles. The molecule has 0 radical (unpaired) electrons. The van der Waals surface area contributed by atoms with Crippen LogP contribution in [0.5, 0.6) is 5.75 Å². The van der Waals surface area contributed by atoms with Crippen molar-refractivity contribution >= 4 is 17.2 Å². The van der Waals surface area contributed by atoms with Crippen molar-refractivity contribution in [3.63, 3.8) is 0 Å². The Labute approximate surface area is 262 Å². The molecule has 7 nitrogen and oxygen atoms in total. The van der Waals surface area contributed by atoms with Gasteiger partial charge in [0.1, 0.15) is 12.1 Å². The number of halogens is 3. The minimum absolute atomic E-state index is 0.110. The standard InChI is InChI=1S/C34H32F3N5O2S/c1-20(2)31-21(3)6-5-7-29(31)42-22(4)18-45-33(42)39-30(43)17-25-16-28(25)23-8-10-24(11-9-23)32-38-19-41(40-32)26-12-14-27(15-13-26)44-34(35,36)37/h5-15,18-20,25,28H,16-17H2,1-4H3. The summed E-state index contributed by atoms with van der Waals surface area (Å²) in [6, 6.07) is 19.7. The number of hydrogen-bond acceptors (Lipinski definition) is 5. The zero-order valence-corrected chi connectivity index (χ0v) is 26.1. The molecule has 1 aliphatic carbocycles. The number of aryl methyl sites for hydroxylation is 2. The Kier molecular flexibility index (Phi) is 8.22. The number of rotatable bonds is 8. The lowest BCUT2D eigenvalue weighted by atomic mass is 9.96. The summed E-state index contributed by atoms with van der Waals surface area (Å²) in [7, 11) is 0. The van der Waals surface area contributed by atoms with E-state index < -0.39 is 6.36 Å². The maximum Gasteiger partial charge on any atom is 0.573 e. The maximum absolute atomic E-state index is 13.1. The number of alkyl halides is 3. The summed E-state index contributed by atoms with van der Waals surface area (Å²) in [5, 5.41) is 6.52. The molecule has 232 valence electrons. The van der Waals surface area contributed by atoms with E-state index in [0.29, 0.717) is 34.6 Å². The van der Waals surface area contributed by atoms with Gasteiger partial charge in [-0.3, -0.25) is 9.36 Å². The van der Waals surface area contributed by atoms with Gasteiger partial charge in [0.2, 0.25) is 5.91 Å². The van der Waals surface area contributed by atoms with Crippen molar-refractivity contribution in [2.75, 3.05) is 0 Å². The third-order valence-corrected chi connectivity index (χ3v) is 8.95. The lowest BCUT2D eigenvalue weighted by Gasteiger charge is -2.17. The van der Waals surface area contributed by atoms with Crippen LogP contribution in [0.2, 0.25) is 0 Å². The van der Waals surface area contributed by atoms with Gasteiger partial charge in [0, 0.05) is 23.1 Å². The number of benzene rings is 3. The van der Waals surface area contributed by atoms with Crippen LogP contribution >= 0.6 is 11.3 Å². The van der Waals surface area contributed by atoms with Crippen molar-refractivity contribution in [2.45, 2.75) is 58.7 Å². The van der Waals surface area contributed by atoms with Gasteiger partial charge >= 0.3 is 6.36 Å². The number of amides is 1. The molecule has 0 spiro atoms. The normalized spacial score (nSPS) is 16.8. The number of carbonyl (C=O) groups is 1. The smallest absolute Gasteiger partial charge is 0.406 e. The van der Waals surface area contributed by atoms with Gasteiger partial charge in [-0.15, -0.1) is 29.6 Å². The van der Waals surface area contributed by atoms with Crippen molar-refractivity contribution in [1.29, 1.82) is 0 Å². The van der Waals surface area contributed by atoms with Gasteiger partial charge in [-0.05, 0) is 85.0 Å². The Morgan fingerprint density at radius 3 is 2.49 bits per heavy atom. The van der Waals surface area contributed by atoms with Gasteiger partial charge in [0.05, 0.1) is 11.4 Å². The van der Waals surface area contributed by atoms with Crippen LogP contribution in [0.1, 0.15) is 60.9 Å². The summed E-state index contributed by atoms with van der Waals surface area (Å²) in [5.41, 5.74) is 7.13. The Bertz CT molecular complexity index is 1900. The molecule has 3 aromatic carbocycles. The van der Waals surface area contributed by atoms with Crippen LogP contribution in [0.4, 0.5) is 13.2 Å². The average Bonchev–Trinajstić information content (AvgIpc) is 3.38. The first-order chi connectivity index (χ1) is 21.5.